The number of primary amides is 1. The number of hydrogen-bond donors (Lipinski definition) is 1. The molecule has 0 radical (unpaired) electrons. The van der Waals surface area contributed by atoms with E-state index in [0.717, 1.165) is 36.0 Å². The van der Waals surface area contributed by atoms with Crippen LogP contribution in [-0.4, -0.2) is 5.91 Å². The van der Waals surface area contributed by atoms with Crippen LogP contribution in [0.1, 0.15) is 139 Å². The Hall–Kier alpha value is -0.530. The fourth-order valence-electron chi connectivity index (χ4n) is 7.85. The van der Waals surface area contributed by atoms with Gasteiger partial charge in [0.15, 0.2) is 0 Å². The van der Waals surface area contributed by atoms with Crippen LogP contribution in [-0.2, 0) is 4.79 Å². The number of rotatable bonds is 11. The number of carbonyl (C=O) groups is 1. The molecule has 2 nitrogen and oxygen atoms in total. The van der Waals surface area contributed by atoms with Gasteiger partial charge in [0.05, 0.1) is 0 Å². The van der Waals surface area contributed by atoms with E-state index in [0.29, 0.717) is 17.3 Å². The fourth-order valence-corrected chi connectivity index (χ4v) is 7.85. The van der Waals surface area contributed by atoms with Crippen molar-refractivity contribution in [2.45, 2.75) is 139 Å². The molecular weight excluding hydrogens is 378 g/mol. The average molecular weight is 436 g/mol. The van der Waals surface area contributed by atoms with Gasteiger partial charge in [-0.2, -0.15) is 0 Å². The van der Waals surface area contributed by atoms with E-state index in [2.05, 4.69) is 41.5 Å². The van der Waals surface area contributed by atoms with Crippen LogP contribution in [0.25, 0.3) is 0 Å². The van der Waals surface area contributed by atoms with Crippen molar-refractivity contribution in [1.29, 1.82) is 0 Å². The molecule has 0 spiro atoms. The highest BCUT2D eigenvalue weighted by Gasteiger charge is 2.48. The maximum atomic E-state index is 11.2. The van der Waals surface area contributed by atoms with Crippen LogP contribution in [0.15, 0.2) is 0 Å². The van der Waals surface area contributed by atoms with Crippen LogP contribution in [0, 0.1) is 40.4 Å². The largest absolute Gasteiger partial charge is 0.370 e. The summed E-state index contributed by atoms with van der Waals surface area (Å²) in [5, 5.41) is 0. The molecule has 0 aromatic heterocycles. The fraction of sp³-hybridized carbons (Fsp3) is 0.966. The molecule has 2 N–H and O–H groups in total. The highest BCUT2D eigenvalue weighted by atomic mass is 16.1. The van der Waals surface area contributed by atoms with E-state index in [9.17, 15) is 4.79 Å². The second kappa shape index (κ2) is 13.2. The number of amides is 1. The standard InChI is InChI=1S/C27H51NO.C2H6/c1-7-17-27(6)22(12-11-14-25(28)29)15-16-23(27)20(3)19-21(8-2)24-13-9-10-18-26(24,4)5;1-2/h20-24H,7-19H2,1-6H3,(H2,28,29);1-2H3/t20?,21-,22?,23?,24?,27?;/m0./s1. The summed E-state index contributed by atoms with van der Waals surface area (Å²) in [6.45, 7) is 19.0. The lowest BCUT2D eigenvalue weighted by molar-refractivity contribution is -0.118. The summed E-state index contributed by atoms with van der Waals surface area (Å²) in [6.07, 6.45) is 16.6. The van der Waals surface area contributed by atoms with E-state index < -0.39 is 0 Å². The Balaban J connectivity index is 0.00000233. The summed E-state index contributed by atoms with van der Waals surface area (Å²) < 4.78 is 0. The lowest BCUT2D eigenvalue weighted by atomic mass is 9.59. The molecule has 6 atom stereocenters. The van der Waals surface area contributed by atoms with E-state index in [1.165, 1.54) is 70.6 Å². The van der Waals surface area contributed by atoms with Gasteiger partial charge in [-0.15, -0.1) is 0 Å². The van der Waals surface area contributed by atoms with Crippen molar-refractivity contribution >= 4 is 5.91 Å². The first-order chi connectivity index (χ1) is 14.7. The molecule has 2 saturated carbocycles. The summed E-state index contributed by atoms with van der Waals surface area (Å²) >= 11 is 0. The zero-order valence-corrected chi connectivity index (χ0v) is 22.6. The van der Waals surface area contributed by atoms with Gasteiger partial charge in [-0.1, -0.05) is 81.1 Å². The van der Waals surface area contributed by atoms with Crippen LogP contribution in [0.4, 0.5) is 0 Å². The van der Waals surface area contributed by atoms with Gasteiger partial charge in [0.25, 0.3) is 0 Å². The van der Waals surface area contributed by atoms with Crippen molar-refractivity contribution in [3.05, 3.63) is 0 Å². The van der Waals surface area contributed by atoms with Crippen molar-refractivity contribution in [2.75, 3.05) is 0 Å². The number of nitrogens with two attached hydrogens (primary N) is 1. The SMILES string of the molecule is CC.CCCC1(C)C(CCCC(N)=O)CCC1C(C)C[C@H](CC)C1CCCCC1(C)C. The predicted octanol–water partition coefficient (Wildman–Crippen LogP) is 8.77. The van der Waals surface area contributed by atoms with Crippen LogP contribution in [0.5, 0.6) is 0 Å². The van der Waals surface area contributed by atoms with E-state index in [1.54, 1.807) is 0 Å². The third kappa shape index (κ3) is 7.50. The molecule has 2 aliphatic carbocycles. The van der Waals surface area contributed by atoms with E-state index in [1.807, 2.05) is 13.8 Å². The smallest absolute Gasteiger partial charge is 0.217 e. The van der Waals surface area contributed by atoms with E-state index in [-0.39, 0.29) is 5.91 Å². The van der Waals surface area contributed by atoms with Gasteiger partial charge in [-0.25, -0.2) is 0 Å². The molecule has 0 bridgehead atoms. The molecule has 2 fully saturated rings. The second-order valence-electron chi connectivity index (χ2n) is 11.7. The zero-order chi connectivity index (χ0) is 23.7. The van der Waals surface area contributed by atoms with Crippen molar-refractivity contribution in [3.8, 4) is 0 Å². The van der Waals surface area contributed by atoms with Gasteiger partial charge in [-0.05, 0) is 91.8 Å². The minimum Gasteiger partial charge on any atom is -0.370 e. The van der Waals surface area contributed by atoms with Crippen LogP contribution in [0.2, 0.25) is 0 Å². The molecule has 2 heteroatoms. The summed E-state index contributed by atoms with van der Waals surface area (Å²) in [5.74, 6) is 4.11. The van der Waals surface area contributed by atoms with Crippen molar-refractivity contribution in [3.63, 3.8) is 0 Å². The van der Waals surface area contributed by atoms with Crippen LogP contribution >= 0.6 is 0 Å². The van der Waals surface area contributed by atoms with Gasteiger partial charge in [0, 0.05) is 6.42 Å². The Morgan fingerprint density at radius 3 is 2.26 bits per heavy atom. The minimum absolute atomic E-state index is 0.133. The molecule has 0 aliphatic heterocycles. The zero-order valence-electron chi connectivity index (χ0n) is 22.6. The Morgan fingerprint density at radius 2 is 1.71 bits per heavy atom. The summed E-state index contributed by atoms with van der Waals surface area (Å²) in [7, 11) is 0. The third-order valence-corrected chi connectivity index (χ3v) is 9.42. The minimum atomic E-state index is -0.133. The van der Waals surface area contributed by atoms with Crippen molar-refractivity contribution in [1.82, 2.24) is 0 Å². The quantitative estimate of drug-likeness (QED) is 0.346. The summed E-state index contributed by atoms with van der Waals surface area (Å²) in [6, 6.07) is 0. The first-order valence-corrected chi connectivity index (χ1v) is 13.9. The topological polar surface area (TPSA) is 43.1 Å². The van der Waals surface area contributed by atoms with Crippen molar-refractivity contribution in [2.24, 2.45) is 46.2 Å². The molecule has 0 heterocycles. The summed E-state index contributed by atoms with van der Waals surface area (Å²) in [4.78, 5) is 11.2. The predicted molar refractivity (Wildman–Crippen MR) is 137 cm³/mol. The normalized spacial score (nSPS) is 32.1. The van der Waals surface area contributed by atoms with Gasteiger partial charge < -0.3 is 5.73 Å². The molecule has 0 aromatic carbocycles. The molecule has 1 amide bonds. The highest BCUT2D eigenvalue weighted by Crippen LogP contribution is 2.57. The average Bonchev–Trinajstić information content (AvgIpc) is 3.03. The van der Waals surface area contributed by atoms with Gasteiger partial charge >= 0.3 is 0 Å². The third-order valence-electron chi connectivity index (χ3n) is 9.42. The monoisotopic (exact) mass is 435 g/mol. The maximum absolute atomic E-state index is 11.2. The second-order valence-corrected chi connectivity index (χ2v) is 11.7. The van der Waals surface area contributed by atoms with Gasteiger partial charge in [0.2, 0.25) is 5.91 Å². The Morgan fingerprint density at radius 1 is 1.03 bits per heavy atom. The molecule has 5 unspecified atom stereocenters. The lowest BCUT2D eigenvalue weighted by Crippen LogP contribution is -2.37. The maximum Gasteiger partial charge on any atom is 0.217 e. The Bertz CT molecular complexity index is 513. The van der Waals surface area contributed by atoms with Gasteiger partial charge in [-0.3, -0.25) is 4.79 Å². The van der Waals surface area contributed by atoms with Gasteiger partial charge in [0.1, 0.15) is 0 Å². The first kappa shape index (κ1) is 28.5. The summed E-state index contributed by atoms with van der Waals surface area (Å²) in [5.41, 5.74) is 6.38. The van der Waals surface area contributed by atoms with E-state index >= 15 is 0 Å². The Kier molecular flexibility index (Phi) is 12.2. The molecular formula is C29H57NO. The molecule has 0 aromatic rings. The van der Waals surface area contributed by atoms with Crippen molar-refractivity contribution < 1.29 is 4.79 Å². The van der Waals surface area contributed by atoms with Crippen LogP contribution in [0.3, 0.4) is 0 Å². The highest BCUT2D eigenvalue weighted by molar-refractivity contribution is 5.73. The number of hydrogen-bond acceptors (Lipinski definition) is 1. The van der Waals surface area contributed by atoms with E-state index in [4.69, 9.17) is 5.73 Å². The molecule has 2 aliphatic rings. The molecule has 184 valence electrons. The Labute approximate surface area is 195 Å². The van der Waals surface area contributed by atoms with Crippen LogP contribution < -0.4 is 5.73 Å². The number of carbonyl (C=O) groups excluding carboxylic acids is 1. The lowest BCUT2D eigenvalue weighted by Gasteiger charge is -2.46. The molecule has 2 rings (SSSR count). The molecule has 31 heavy (non-hydrogen) atoms. The molecule has 0 saturated heterocycles. The first-order valence-electron chi connectivity index (χ1n) is 13.9.